The fraction of sp³-hybridized carbons (Fsp3) is 0.111. The highest BCUT2D eigenvalue weighted by molar-refractivity contribution is 5.69. The average Bonchev–Trinajstić information content (AvgIpc) is 2.68. The molecule has 3 aromatic rings. The van der Waals surface area contributed by atoms with Crippen LogP contribution >= 0.6 is 0 Å². The van der Waals surface area contributed by atoms with Gasteiger partial charge in [0, 0.05) is 5.69 Å². The van der Waals surface area contributed by atoms with Crippen LogP contribution in [0.5, 0.6) is 17.4 Å². The molecule has 0 saturated heterocycles. The minimum Gasteiger partial charge on any atom is -0.493 e. The summed E-state index contributed by atoms with van der Waals surface area (Å²) in [7, 11) is 1.41. The Kier molecular flexibility index (Phi) is 5.48. The van der Waals surface area contributed by atoms with Crippen LogP contribution in [0.2, 0.25) is 0 Å². The molecule has 1 N–H and O–H groups in total. The summed E-state index contributed by atoms with van der Waals surface area (Å²) in [5, 5.41) is 14.2. The van der Waals surface area contributed by atoms with Gasteiger partial charge in [-0.05, 0) is 36.4 Å². The molecule has 11 heteroatoms. The highest BCUT2D eigenvalue weighted by atomic mass is 19.4. The van der Waals surface area contributed by atoms with E-state index in [-0.39, 0.29) is 23.1 Å². The quantitative estimate of drug-likeness (QED) is 0.457. The molecule has 0 aliphatic carbocycles. The van der Waals surface area contributed by atoms with E-state index < -0.39 is 22.4 Å². The van der Waals surface area contributed by atoms with Crippen LogP contribution in [0.4, 0.5) is 30.4 Å². The topological polar surface area (TPSA) is 99.4 Å². The predicted molar refractivity (Wildman–Crippen MR) is 96.5 cm³/mol. The van der Waals surface area contributed by atoms with Crippen LogP contribution in [-0.4, -0.2) is 22.0 Å². The Morgan fingerprint density at radius 3 is 2.28 bits per heavy atom. The van der Waals surface area contributed by atoms with Gasteiger partial charge in [0.25, 0.3) is 0 Å². The second-order valence-corrected chi connectivity index (χ2v) is 5.59. The standard InChI is InChI=1S/C18H13F3N4O4/c1-28-13-4-2-3-5-14(13)29-17-15(25(26)27)16(22-10-23-17)24-12-8-6-11(7-9-12)18(19,20)21/h2-10H,1H3,(H,22,23,24). The van der Waals surface area contributed by atoms with Gasteiger partial charge in [0.1, 0.15) is 6.33 Å². The Hall–Kier alpha value is -3.89. The van der Waals surface area contributed by atoms with Gasteiger partial charge in [0.15, 0.2) is 11.5 Å². The van der Waals surface area contributed by atoms with Crippen LogP contribution < -0.4 is 14.8 Å². The third-order valence-corrected chi connectivity index (χ3v) is 3.72. The molecule has 0 spiro atoms. The zero-order valence-corrected chi connectivity index (χ0v) is 14.8. The molecule has 0 saturated carbocycles. The molecular weight excluding hydrogens is 393 g/mol. The Morgan fingerprint density at radius 1 is 1.03 bits per heavy atom. The number of hydrogen-bond donors (Lipinski definition) is 1. The van der Waals surface area contributed by atoms with Crippen LogP contribution in [0.25, 0.3) is 0 Å². The van der Waals surface area contributed by atoms with Crippen molar-refractivity contribution in [1.82, 2.24) is 9.97 Å². The number of para-hydroxylation sites is 2. The number of ether oxygens (including phenoxy) is 2. The number of anilines is 2. The number of halogens is 3. The zero-order chi connectivity index (χ0) is 21.0. The minimum absolute atomic E-state index is 0.169. The third kappa shape index (κ3) is 4.51. The SMILES string of the molecule is COc1ccccc1Oc1ncnc(Nc2ccc(C(F)(F)F)cc2)c1[N+](=O)[O-]. The minimum atomic E-state index is -4.49. The van der Waals surface area contributed by atoms with E-state index in [1.165, 1.54) is 13.2 Å². The summed E-state index contributed by atoms with van der Waals surface area (Å²) < 4.78 is 48.7. The van der Waals surface area contributed by atoms with Crippen molar-refractivity contribution in [1.29, 1.82) is 0 Å². The summed E-state index contributed by atoms with van der Waals surface area (Å²) in [6, 6.07) is 10.4. The van der Waals surface area contributed by atoms with E-state index in [2.05, 4.69) is 15.3 Å². The highest BCUT2D eigenvalue weighted by Crippen LogP contribution is 2.38. The van der Waals surface area contributed by atoms with Crippen LogP contribution in [0.1, 0.15) is 5.56 Å². The lowest BCUT2D eigenvalue weighted by Gasteiger charge is -2.12. The second-order valence-electron chi connectivity index (χ2n) is 5.59. The Bertz CT molecular complexity index is 1030. The van der Waals surface area contributed by atoms with Gasteiger partial charge >= 0.3 is 17.7 Å². The van der Waals surface area contributed by atoms with Crippen molar-refractivity contribution in [2.75, 3.05) is 12.4 Å². The largest absolute Gasteiger partial charge is 0.493 e. The van der Waals surface area contributed by atoms with Crippen molar-refractivity contribution in [2.24, 2.45) is 0 Å². The van der Waals surface area contributed by atoms with Gasteiger partial charge < -0.3 is 14.8 Å². The first-order valence-electron chi connectivity index (χ1n) is 8.04. The molecule has 0 radical (unpaired) electrons. The monoisotopic (exact) mass is 406 g/mol. The summed E-state index contributed by atoms with van der Waals surface area (Å²) >= 11 is 0. The Morgan fingerprint density at radius 2 is 1.69 bits per heavy atom. The molecule has 1 heterocycles. The predicted octanol–water partition coefficient (Wildman–Crippen LogP) is 4.95. The van der Waals surface area contributed by atoms with E-state index in [1.54, 1.807) is 18.2 Å². The number of nitro groups is 1. The van der Waals surface area contributed by atoms with Crippen molar-refractivity contribution in [2.45, 2.75) is 6.18 Å². The van der Waals surface area contributed by atoms with Crippen LogP contribution in [0.15, 0.2) is 54.9 Å². The molecular formula is C18H13F3N4O4. The number of hydrogen-bond acceptors (Lipinski definition) is 7. The molecule has 0 amide bonds. The van der Waals surface area contributed by atoms with Gasteiger partial charge in [-0.25, -0.2) is 4.98 Å². The van der Waals surface area contributed by atoms with Crippen molar-refractivity contribution >= 4 is 17.2 Å². The maximum Gasteiger partial charge on any atom is 0.416 e. The lowest BCUT2D eigenvalue weighted by atomic mass is 10.2. The second kappa shape index (κ2) is 8.00. The first-order chi connectivity index (χ1) is 13.8. The van der Waals surface area contributed by atoms with Gasteiger partial charge in [-0.2, -0.15) is 18.2 Å². The Labute approximate surface area is 162 Å². The van der Waals surface area contributed by atoms with Crippen LogP contribution in [-0.2, 0) is 6.18 Å². The number of benzene rings is 2. The fourth-order valence-corrected chi connectivity index (χ4v) is 2.38. The lowest BCUT2D eigenvalue weighted by Crippen LogP contribution is -2.06. The molecule has 29 heavy (non-hydrogen) atoms. The van der Waals surface area contributed by atoms with Gasteiger partial charge in [0.2, 0.25) is 5.82 Å². The summed E-state index contributed by atoms with van der Waals surface area (Å²) in [5.74, 6) is -0.0755. The van der Waals surface area contributed by atoms with Gasteiger partial charge in [0.05, 0.1) is 17.6 Å². The van der Waals surface area contributed by atoms with E-state index in [0.29, 0.717) is 5.75 Å². The molecule has 0 fully saturated rings. The first-order valence-corrected chi connectivity index (χ1v) is 8.04. The number of nitrogens with one attached hydrogen (secondary N) is 1. The molecule has 3 rings (SSSR count). The van der Waals surface area contributed by atoms with Crippen molar-refractivity contribution in [3.63, 3.8) is 0 Å². The number of nitrogens with zero attached hydrogens (tertiary/aromatic N) is 3. The fourth-order valence-electron chi connectivity index (χ4n) is 2.38. The summed E-state index contributed by atoms with van der Waals surface area (Å²) in [6.07, 6.45) is -3.46. The molecule has 2 aromatic carbocycles. The van der Waals surface area contributed by atoms with Crippen LogP contribution in [0, 0.1) is 10.1 Å². The van der Waals surface area contributed by atoms with E-state index in [1.807, 2.05) is 0 Å². The van der Waals surface area contributed by atoms with E-state index in [9.17, 15) is 23.3 Å². The summed E-state index contributed by atoms with van der Waals surface area (Å²) in [4.78, 5) is 18.4. The molecule has 0 atom stereocenters. The van der Waals surface area contributed by atoms with E-state index in [0.717, 1.165) is 30.6 Å². The molecule has 150 valence electrons. The highest BCUT2D eigenvalue weighted by Gasteiger charge is 2.30. The summed E-state index contributed by atoms with van der Waals surface area (Å²) in [5.41, 5.74) is -1.26. The van der Waals surface area contributed by atoms with Gasteiger partial charge in [-0.3, -0.25) is 10.1 Å². The molecule has 1 aromatic heterocycles. The number of alkyl halides is 3. The Balaban J connectivity index is 1.94. The van der Waals surface area contributed by atoms with Gasteiger partial charge in [-0.1, -0.05) is 12.1 Å². The van der Waals surface area contributed by atoms with E-state index in [4.69, 9.17) is 9.47 Å². The molecule has 8 nitrogen and oxygen atoms in total. The summed E-state index contributed by atoms with van der Waals surface area (Å²) in [6.45, 7) is 0. The first kappa shape index (κ1) is 19.9. The maximum atomic E-state index is 12.7. The van der Waals surface area contributed by atoms with E-state index >= 15 is 0 Å². The van der Waals surface area contributed by atoms with Crippen molar-refractivity contribution in [3.05, 3.63) is 70.5 Å². The smallest absolute Gasteiger partial charge is 0.416 e. The number of aromatic nitrogens is 2. The van der Waals surface area contributed by atoms with Gasteiger partial charge in [-0.15, -0.1) is 0 Å². The number of methoxy groups -OCH3 is 1. The maximum absolute atomic E-state index is 12.7. The lowest BCUT2D eigenvalue weighted by molar-refractivity contribution is -0.385. The molecule has 0 aliphatic rings. The normalized spacial score (nSPS) is 11.0. The van der Waals surface area contributed by atoms with Crippen molar-refractivity contribution in [3.8, 4) is 17.4 Å². The van der Waals surface area contributed by atoms with Crippen molar-refractivity contribution < 1.29 is 27.6 Å². The molecule has 0 aliphatic heterocycles. The third-order valence-electron chi connectivity index (χ3n) is 3.72. The number of rotatable bonds is 6. The molecule has 0 unspecified atom stereocenters. The zero-order valence-electron chi connectivity index (χ0n) is 14.8. The van der Waals surface area contributed by atoms with Crippen LogP contribution in [0.3, 0.4) is 0 Å². The molecule has 0 bridgehead atoms. The average molecular weight is 406 g/mol.